The first-order valence-electron chi connectivity index (χ1n) is 12.4. The third-order valence-electron chi connectivity index (χ3n) is 5.60. The lowest BCUT2D eigenvalue weighted by Crippen LogP contribution is -2.18. The Balaban J connectivity index is 1.23. The van der Waals surface area contributed by atoms with Crippen LogP contribution < -0.4 is 21.3 Å². The van der Waals surface area contributed by atoms with Crippen molar-refractivity contribution in [3.8, 4) is 0 Å². The summed E-state index contributed by atoms with van der Waals surface area (Å²) in [6.07, 6.45) is 7.28. The Kier molecular flexibility index (Phi) is 8.61. The maximum atomic E-state index is 12.6. The van der Waals surface area contributed by atoms with Crippen LogP contribution in [0.1, 0.15) is 51.5 Å². The van der Waals surface area contributed by atoms with Crippen LogP contribution in [0.5, 0.6) is 0 Å². The zero-order chi connectivity index (χ0) is 29.5. The molecule has 16 nitrogen and oxygen atoms in total. The third-order valence-corrected chi connectivity index (χ3v) is 5.60. The number of hydrogen-bond donors (Lipinski definition) is 6. The lowest BCUT2D eigenvalue weighted by molar-refractivity contribution is -0.121. The molecule has 0 aliphatic heterocycles. The molecule has 0 saturated heterocycles. The third kappa shape index (κ3) is 7.25. The van der Waals surface area contributed by atoms with Gasteiger partial charge in [0.1, 0.15) is 11.5 Å². The van der Waals surface area contributed by atoms with E-state index in [2.05, 4.69) is 41.2 Å². The van der Waals surface area contributed by atoms with Gasteiger partial charge in [-0.15, -0.1) is 0 Å². The van der Waals surface area contributed by atoms with Crippen LogP contribution in [0, 0.1) is 0 Å². The van der Waals surface area contributed by atoms with E-state index >= 15 is 0 Å². The van der Waals surface area contributed by atoms with Crippen molar-refractivity contribution in [1.29, 1.82) is 0 Å². The molecule has 0 aliphatic carbocycles. The zero-order valence-corrected chi connectivity index (χ0v) is 22.4. The molecule has 0 aromatic carbocycles. The van der Waals surface area contributed by atoms with Gasteiger partial charge in [-0.05, 0) is 13.0 Å². The average molecular weight is 565 g/mol. The molecule has 4 heterocycles. The number of aromatic nitrogens is 6. The molecular formula is C25H28N10O6. The molecule has 0 fully saturated rings. The van der Waals surface area contributed by atoms with Gasteiger partial charge in [-0.2, -0.15) is 0 Å². The highest BCUT2D eigenvalue weighted by molar-refractivity contribution is 6.04. The van der Waals surface area contributed by atoms with Crippen LogP contribution in [-0.4, -0.2) is 65.3 Å². The first-order chi connectivity index (χ1) is 19.6. The molecule has 0 aliphatic rings. The van der Waals surface area contributed by atoms with E-state index in [4.69, 9.17) is 4.74 Å². The quantitative estimate of drug-likeness (QED) is 0.148. The molecule has 4 aromatic rings. The number of aryl methyl sites for hydroxylation is 2. The number of amides is 4. The number of ether oxygens (including phenoxy) is 1. The van der Waals surface area contributed by atoms with E-state index in [0.29, 0.717) is 17.2 Å². The van der Waals surface area contributed by atoms with E-state index in [0.717, 1.165) is 0 Å². The predicted octanol–water partition coefficient (Wildman–Crippen LogP) is 1.85. The number of imidazole rings is 2. The summed E-state index contributed by atoms with van der Waals surface area (Å²) in [6.45, 7) is 1.90. The van der Waals surface area contributed by atoms with Gasteiger partial charge >= 0.3 is 5.97 Å². The number of anilines is 4. The number of nitrogens with one attached hydrogen (secondary N) is 6. The Labute approximate surface area is 232 Å². The van der Waals surface area contributed by atoms with Crippen molar-refractivity contribution >= 4 is 52.6 Å². The minimum atomic E-state index is -0.566. The van der Waals surface area contributed by atoms with Gasteiger partial charge in [0.2, 0.25) is 17.6 Å². The smallest absolute Gasteiger partial charge is 0.354 e. The van der Waals surface area contributed by atoms with Crippen molar-refractivity contribution in [3.63, 3.8) is 0 Å². The summed E-state index contributed by atoms with van der Waals surface area (Å²) in [7, 11) is 3.27. The molecule has 4 rings (SSSR count). The summed E-state index contributed by atoms with van der Waals surface area (Å²) in [6, 6.07) is 2.96. The van der Waals surface area contributed by atoms with Gasteiger partial charge in [0.25, 0.3) is 11.8 Å². The molecule has 0 unspecified atom stereocenters. The number of hydrogen-bond acceptors (Lipinski definition) is 8. The van der Waals surface area contributed by atoms with Gasteiger partial charge in [0, 0.05) is 64.0 Å². The van der Waals surface area contributed by atoms with Crippen molar-refractivity contribution in [2.45, 2.75) is 19.8 Å². The number of aromatic amines is 2. The number of carbonyl (C=O) groups is 5. The first kappa shape index (κ1) is 28.3. The van der Waals surface area contributed by atoms with Crippen LogP contribution in [0.4, 0.5) is 23.0 Å². The molecule has 0 bridgehead atoms. The number of rotatable bonds is 11. The van der Waals surface area contributed by atoms with Crippen molar-refractivity contribution in [3.05, 3.63) is 60.5 Å². The van der Waals surface area contributed by atoms with Crippen LogP contribution >= 0.6 is 0 Å². The molecule has 0 saturated carbocycles. The topological polar surface area (TPSA) is 210 Å². The monoisotopic (exact) mass is 564 g/mol. The van der Waals surface area contributed by atoms with Gasteiger partial charge in [0.05, 0.1) is 18.0 Å². The minimum Gasteiger partial charge on any atom is -0.461 e. The summed E-state index contributed by atoms with van der Waals surface area (Å²) in [5.41, 5.74) is 0.947. The summed E-state index contributed by atoms with van der Waals surface area (Å²) < 4.78 is 7.90. The standard InChI is InChI=1S/C25H28N10O6/c1-4-41-25(40)16-9-14(11-27-16)29-24(39)22-33-18(13-35(22)3)32-20(37)6-5-19(36)31-17-10-15(12-28-17)30-23(38)21-26-7-8-34(21)2/h7-13,27-28H,4-6H2,1-3H3,(H,29,39)(H,30,38)(H,31,36)(H,32,37). The van der Waals surface area contributed by atoms with Crippen molar-refractivity contribution < 1.29 is 28.7 Å². The molecule has 41 heavy (non-hydrogen) atoms. The zero-order valence-electron chi connectivity index (χ0n) is 22.4. The SMILES string of the molecule is CCOC(=O)c1cc(NC(=O)c2nc(NC(=O)CCC(=O)Nc3cc(NC(=O)c4nccn4C)c[nH]3)cn2C)c[nH]1. The van der Waals surface area contributed by atoms with Crippen LogP contribution in [-0.2, 0) is 28.4 Å². The summed E-state index contributed by atoms with van der Waals surface area (Å²) >= 11 is 0. The molecular weight excluding hydrogens is 536 g/mol. The van der Waals surface area contributed by atoms with Crippen LogP contribution in [0.25, 0.3) is 0 Å². The molecule has 0 atom stereocenters. The predicted molar refractivity (Wildman–Crippen MR) is 146 cm³/mol. The lowest BCUT2D eigenvalue weighted by Gasteiger charge is -2.04. The van der Waals surface area contributed by atoms with Gasteiger partial charge in [-0.1, -0.05) is 0 Å². The highest BCUT2D eigenvalue weighted by Gasteiger charge is 2.18. The Morgan fingerprint density at radius 1 is 0.854 bits per heavy atom. The largest absolute Gasteiger partial charge is 0.461 e. The van der Waals surface area contributed by atoms with E-state index < -0.39 is 29.6 Å². The fourth-order valence-corrected chi connectivity index (χ4v) is 3.67. The molecule has 4 aromatic heterocycles. The first-order valence-corrected chi connectivity index (χ1v) is 12.4. The molecule has 214 valence electrons. The highest BCUT2D eigenvalue weighted by Crippen LogP contribution is 2.16. The van der Waals surface area contributed by atoms with Gasteiger partial charge in [-0.25, -0.2) is 14.8 Å². The summed E-state index contributed by atoms with van der Waals surface area (Å²) in [5, 5.41) is 10.5. The summed E-state index contributed by atoms with van der Waals surface area (Å²) in [5.74, 6) is -1.74. The molecule has 0 spiro atoms. The van der Waals surface area contributed by atoms with E-state index in [-0.39, 0.29) is 42.6 Å². The van der Waals surface area contributed by atoms with Crippen LogP contribution in [0.3, 0.4) is 0 Å². The Bertz CT molecular complexity index is 1590. The number of H-pyrrole nitrogens is 2. The number of nitrogens with zero attached hydrogens (tertiary/aromatic N) is 4. The summed E-state index contributed by atoms with van der Waals surface area (Å²) in [4.78, 5) is 75.0. The van der Waals surface area contributed by atoms with Gasteiger partial charge in [0.15, 0.2) is 11.6 Å². The molecule has 16 heteroatoms. The number of esters is 1. The Hall–Kier alpha value is -5.67. The van der Waals surface area contributed by atoms with E-state index in [1.165, 1.54) is 41.5 Å². The van der Waals surface area contributed by atoms with Crippen molar-refractivity contribution in [2.75, 3.05) is 27.9 Å². The molecule has 0 radical (unpaired) electrons. The van der Waals surface area contributed by atoms with E-state index in [9.17, 15) is 24.0 Å². The second-order valence-electron chi connectivity index (χ2n) is 8.75. The van der Waals surface area contributed by atoms with Gasteiger partial charge in [-0.3, -0.25) is 19.2 Å². The normalized spacial score (nSPS) is 10.6. The second kappa shape index (κ2) is 12.5. The Morgan fingerprint density at radius 3 is 2.20 bits per heavy atom. The molecule has 6 N–H and O–H groups in total. The Morgan fingerprint density at radius 2 is 1.51 bits per heavy atom. The maximum Gasteiger partial charge on any atom is 0.354 e. The van der Waals surface area contributed by atoms with Crippen LogP contribution in [0.2, 0.25) is 0 Å². The van der Waals surface area contributed by atoms with Gasteiger partial charge < -0.3 is 45.1 Å². The van der Waals surface area contributed by atoms with E-state index in [1.54, 1.807) is 31.8 Å². The average Bonchev–Trinajstić information content (AvgIpc) is 3.72. The molecule has 4 amide bonds. The number of carbonyl (C=O) groups excluding carboxylic acids is 5. The highest BCUT2D eigenvalue weighted by atomic mass is 16.5. The van der Waals surface area contributed by atoms with Crippen LogP contribution in [0.15, 0.2) is 43.1 Å². The maximum absolute atomic E-state index is 12.6. The van der Waals surface area contributed by atoms with Crippen molar-refractivity contribution in [1.82, 2.24) is 29.1 Å². The fourth-order valence-electron chi connectivity index (χ4n) is 3.67. The van der Waals surface area contributed by atoms with Crippen molar-refractivity contribution in [2.24, 2.45) is 14.1 Å². The lowest BCUT2D eigenvalue weighted by atomic mass is 10.3. The van der Waals surface area contributed by atoms with E-state index in [1.807, 2.05) is 0 Å². The minimum absolute atomic E-state index is 0.00878. The fraction of sp³-hybridized carbons (Fsp3) is 0.240. The second-order valence-corrected chi connectivity index (χ2v) is 8.75.